The van der Waals surface area contributed by atoms with Crippen molar-refractivity contribution in [3.63, 3.8) is 0 Å². The summed E-state index contributed by atoms with van der Waals surface area (Å²) in [7, 11) is -2.72. The molecule has 0 amide bonds. The predicted octanol–water partition coefficient (Wildman–Crippen LogP) is 0.495. The molecule has 2 unspecified atom stereocenters. The van der Waals surface area contributed by atoms with Crippen LogP contribution in [0, 0.1) is 11.8 Å². The molecule has 1 N–H and O–H groups in total. The number of nitrogens with zero attached hydrogens (tertiary/aromatic N) is 1. The molecule has 3 rings (SSSR count). The molecule has 1 aliphatic carbocycles. The maximum Gasteiger partial charge on any atom is 0.150 e. The van der Waals surface area contributed by atoms with E-state index in [1.807, 2.05) is 0 Å². The van der Waals surface area contributed by atoms with Gasteiger partial charge in [0.15, 0.2) is 9.84 Å². The van der Waals surface area contributed by atoms with Gasteiger partial charge in [0.05, 0.1) is 11.5 Å². The molecular formula is C13H24N2O2S. The topological polar surface area (TPSA) is 49.4 Å². The first-order valence-electron chi connectivity index (χ1n) is 7.28. The largest absolute Gasteiger partial charge is 0.312 e. The molecule has 104 valence electrons. The lowest BCUT2D eigenvalue weighted by Crippen LogP contribution is -2.41. The van der Waals surface area contributed by atoms with E-state index in [-0.39, 0.29) is 0 Å². The molecule has 2 aliphatic heterocycles. The van der Waals surface area contributed by atoms with Crippen molar-refractivity contribution in [2.24, 2.45) is 11.8 Å². The summed E-state index contributed by atoms with van der Waals surface area (Å²) in [6.07, 6.45) is 4.83. The molecule has 0 aromatic heterocycles. The van der Waals surface area contributed by atoms with Crippen LogP contribution >= 0.6 is 0 Å². The van der Waals surface area contributed by atoms with Crippen LogP contribution in [0.2, 0.25) is 0 Å². The van der Waals surface area contributed by atoms with Crippen molar-refractivity contribution in [3.8, 4) is 0 Å². The first kappa shape index (κ1) is 12.9. The Hall–Kier alpha value is -0.130. The Labute approximate surface area is 110 Å². The first-order chi connectivity index (χ1) is 8.62. The van der Waals surface area contributed by atoms with Gasteiger partial charge in [-0.05, 0) is 50.6 Å². The lowest BCUT2D eigenvalue weighted by atomic mass is 10.1. The van der Waals surface area contributed by atoms with Crippen LogP contribution in [0.5, 0.6) is 0 Å². The number of sulfone groups is 1. The lowest BCUT2D eigenvalue weighted by molar-refractivity contribution is 0.228. The second-order valence-corrected chi connectivity index (χ2v) is 8.51. The van der Waals surface area contributed by atoms with Crippen molar-refractivity contribution in [1.82, 2.24) is 10.2 Å². The van der Waals surface area contributed by atoms with E-state index in [9.17, 15) is 8.42 Å². The summed E-state index contributed by atoms with van der Waals surface area (Å²) in [6.45, 7) is 4.37. The Morgan fingerprint density at radius 1 is 1.22 bits per heavy atom. The highest BCUT2D eigenvalue weighted by Crippen LogP contribution is 2.33. The maximum atomic E-state index is 11.5. The van der Waals surface area contributed by atoms with Crippen LogP contribution in [0.3, 0.4) is 0 Å². The van der Waals surface area contributed by atoms with E-state index < -0.39 is 9.84 Å². The molecule has 3 aliphatic rings. The lowest BCUT2D eigenvalue weighted by Gasteiger charge is -2.26. The highest BCUT2D eigenvalue weighted by molar-refractivity contribution is 7.91. The molecule has 1 saturated carbocycles. The van der Waals surface area contributed by atoms with Gasteiger partial charge in [-0.3, -0.25) is 0 Å². The van der Waals surface area contributed by atoms with E-state index in [1.165, 1.54) is 19.3 Å². The van der Waals surface area contributed by atoms with Crippen LogP contribution in [-0.2, 0) is 9.84 Å². The summed E-state index contributed by atoms with van der Waals surface area (Å²) in [4.78, 5) is 2.51. The molecule has 0 radical (unpaired) electrons. The fourth-order valence-electron chi connectivity index (χ4n) is 3.39. The molecule has 0 spiro atoms. The van der Waals surface area contributed by atoms with Gasteiger partial charge in [-0.1, -0.05) is 0 Å². The average Bonchev–Trinajstić information content (AvgIpc) is 3.08. The van der Waals surface area contributed by atoms with Crippen LogP contribution in [0.1, 0.15) is 25.7 Å². The first-order valence-corrected chi connectivity index (χ1v) is 9.11. The summed E-state index contributed by atoms with van der Waals surface area (Å²) in [6, 6.07) is 0.658. The highest BCUT2D eigenvalue weighted by Gasteiger charge is 2.35. The fraction of sp³-hybridized carbons (Fsp3) is 1.00. The maximum absolute atomic E-state index is 11.5. The third-order valence-electron chi connectivity index (χ3n) is 4.55. The molecule has 2 heterocycles. The second-order valence-electron chi connectivity index (χ2n) is 6.28. The summed E-state index contributed by atoms with van der Waals surface area (Å²) in [5.74, 6) is 2.10. The number of hydrogen-bond acceptors (Lipinski definition) is 4. The second kappa shape index (κ2) is 5.10. The van der Waals surface area contributed by atoms with Crippen LogP contribution in [0.15, 0.2) is 0 Å². The van der Waals surface area contributed by atoms with Crippen molar-refractivity contribution in [2.45, 2.75) is 31.7 Å². The summed E-state index contributed by atoms with van der Waals surface area (Å²) < 4.78 is 23.0. The van der Waals surface area contributed by atoms with E-state index in [2.05, 4.69) is 10.2 Å². The van der Waals surface area contributed by atoms with Gasteiger partial charge in [0.25, 0.3) is 0 Å². The Morgan fingerprint density at radius 3 is 2.72 bits per heavy atom. The quantitative estimate of drug-likeness (QED) is 0.812. The van der Waals surface area contributed by atoms with Gasteiger partial charge < -0.3 is 10.2 Å². The standard InChI is InChI=1S/C13H24N2O2S/c16-18(17)7-4-11(10-18)8-15-6-1-5-14-13(9-15)12-2-3-12/h11-14H,1-10H2. The van der Waals surface area contributed by atoms with Gasteiger partial charge in [-0.15, -0.1) is 0 Å². The Balaban J connectivity index is 1.54. The van der Waals surface area contributed by atoms with Crippen LogP contribution in [0.25, 0.3) is 0 Å². The van der Waals surface area contributed by atoms with E-state index in [0.29, 0.717) is 23.5 Å². The summed E-state index contributed by atoms with van der Waals surface area (Å²) >= 11 is 0. The zero-order valence-electron chi connectivity index (χ0n) is 11.0. The Kier molecular flexibility index (Phi) is 3.65. The molecule has 4 nitrogen and oxygen atoms in total. The third-order valence-corrected chi connectivity index (χ3v) is 6.38. The van der Waals surface area contributed by atoms with Crippen LogP contribution in [-0.4, -0.2) is 57.0 Å². The van der Waals surface area contributed by atoms with E-state index in [4.69, 9.17) is 0 Å². The van der Waals surface area contributed by atoms with Crippen LogP contribution < -0.4 is 5.32 Å². The molecule has 18 heavy (non-hydrogen) atoms. The number of nitrogens with one attached hydrogen (secondary N) is 1. The molecule has 0 aromatic rings. The summed E-state index contributed by atoms with van der Waals surface area (Å²) in [5.41, 5.74) is 0. The fourth-order valence-corrected chi connectivity index (χ4v) is 5.23. The minimum atomic E-state index is -2.72. The van der Waals surface area contributed by atoms with Gasteiger partial charge >= 0.3 is 0 Å². The van der Waals surface area contributed by atoms with Crippen molar-refractivity contribution >= 4 is 9.84 Å². The molecule has 3 fully saturated rings. The van der Waals surface area contributed by atoms with Crippen molar-refractivity contribution < 1.29 is 8.42 Å². The SMILES string of the molecule is O=S1(=O)CCC(CN2CCCNC(C3CC3)C2)C1. The molecule has 5 heteroatoms. The van der Waals surface area contributed by atoms with Gasteiger partial charge in [0, 0.05) is 19.1 Å². The molecule has 0 bridgehead atoms. The van der Waals surface area contributed by atoms with Gasteiger partial charge in [-0.2, -0.15) is 0 Å². The highest BCUT2D eigenvalue weighted by atomic mass is 32.2. The van der Waals surface area contributed by atoms with Crippen molar-refractivity contribution in [3.05, 3.63) is 0 Å². The molecule has 2 saturated heterocycles. The zero-order chi connectivity index (χ0) is 12.6. The minimum absolute atomic E-state index is 0.382. The van der Waals surface area contributed by atoms with Crippen LogP contribution in [0.4, 0.5) is 0 Å². The number of hydrogen-bond donors (Lipinski definition) is 1. The van der Waals surface area contributed by atoms with Gasteiger partial charge in [0.1, 0.15) is 0 Å². The van der Waals surface area contributed by atoms with E-state index >= 15 is 0 Å². The third kappa shape index (κ3) is 3.25. The Bertz CT molecular complexity index is 392. The minimum Gasteiger partial charge on any atom is -0.312 e. The average molecular weight is 272 g/mol. The van der Waals surface area contributed by atoms with Gasteiger partial charge in [-0.25, -0.2) is 8.42 Å². The van der Waals surface area contributed by atoms with Gasteiger partial charge in [0.2, 0.25) is 0 Å². The van der Waals surface area contributed by atoms with Crippen molar-refractivity contribution in [2.75, 3.05) is 37.7 Å². The normalized spacial score (nSPS) is 37.6. The molecule has 0 aromatic carbocycles. The molecule has 2 atom stereocenters. The predicted molar refractivity (Wildman–Crippen MR) is 72.3 cm³/mol. The summed E-state index contributed by atoms with van der Waals surface area (Å²) in [5, 5.41) is 3.65. The number of rotatable bonds is 3. The Morgan fingerprint density at radius 2 is 2.06 bits per heavy atom. The zero-order valence-corrected chi connectivity index (χ0v) is 11.8. The van der Waals surface area contributed by atoms with Crippen molar-refractivity contribution in [1.29, 1.82) is 0 Å². The molecular weight excluding hydrogens is 248 g/mol. The smallest absolute Gasteiger partial charge is 0.150 e. The van der Waals surface area contributed by atoms with E-state index in [0.717, 1.165) is 38.5 Å². The monoisotopic (exact) mass is 272 g/mol. The van der Waals surface area contributed by atoms with E-state index in [1.54, 1.807) is 0 Å².